The molecule has 0 N–H and O–H groups in total. The van der Waals surface area contributed by atoms with Gasteiger partial charge in [0.1, 0.15) is 5.75 Å². The quantitative estimate of drug-likeness (QED) is 0.724. The Morgan fingerprint density at radius 2 is 1.57 bits per heavy atom. The van der Waals surface area contributed by atoms with Gasteiger partial charge in [-0.05, 0) is 61.4 Å². The number of hydrogen-bond donors (Lipinski definition) is 0. The maximum Gasteiger partial charge on any atom is 0.166 e. The van der Waals surface area contributed by atoms with Crippen molar-refractivity contribution in [2.24, 2.45) is 0 Å². The molecule has 1 aliphatic rings. The lowest BCUT2D eigenvalue weighted by molar-refractivity contribution is 0.414. The molecule has 2 heteroatoms. The van der Waals surface area contributed by atoms with Crippen LogP contribution in [-0.4, -0.2) is 7.11 Å². The van der Waals surface area contributed by atoms with Crippen molar-refractivity contribution in [3.63, 3.8) is 0 Å². The van der Waals surface area contributed by atoms with Crippen molar-refractivity contribution in [3.05, 3.63) is 77.7 Å². The first-order chi connectivity index (χ1) is 10.4. The van der Waals surface area contributed by atoms with Crippen LogP contribution in [0.1, 0.15) is 12.8 Å². The molecule has 0 spiro atoms. The zero-order valence-corrected chi connectivity index (χ0v) is 13.0. The topological polar surface area (TPSA) is 9.23 Å². The van der Waals surface area contributed by atoms with E-state index in [0.29, 0.717) is 0 Å². The summed E-state index contributed by atoms with van der Waals surface area (Å²) in [5, 5.41) is 0. The van der Waals surface area contributed by atoms with Crippen LogP contribution in [0.3, 0.4) is 0 Å². The Morgan fingerprint density at radius 1 is 0.857 bits per heavy atom. The van der Waals surface area contributed by atoms with E-state index in [1.54, 1.807) is 7.11 Å². The first-order valence-electron chi connectivity index (χ1n) is 7.18. The highest BCUT2D eigenvalue weighted by atomic mass is 32.2. The lowest BCUT2D eigenvalue weighted by Gasteiger charge is -2.11. The van der Waals surface area contributed by atoms with Gasteiger partial charge in [0.25, 0.3) is 0 Å². The average molecular weight is 295 g/mol. The maximum absolute atomic E-state index is 5.27. The number of benzene rings is 2. The Bertz CT molecular complexity index is 641. The first kappa shape index (κ1) is 14.0. The van der Waals surface area contributed by atoms with Gasteiger partial charge in [0.15, 0.2) is 14.7 Å². The number of allylic oxidation sites excluding steroid dienone is 3. The van der Waals surface area contributed by atoms with Crippen LogP contribution in [0.4, 0.5) is 0 Å². The maximum atomic E-state index is 5.27. The molecule has 1 unspecified atom stereocenters. The van der Waals surface area contributed by atoms with Crippen molar-refractivity contribution in [2.75, 3.05) is 7.11 Å². The van der Waals surface area contributed by atoms with Crippen LogP contribution >= 0.6 is 0 Å². The van der Waals surface area contributed by atoms with E-state index in [2.05, 4.69) is 60.7 Å². The van der Waals surface area contributed by atoms with Crippen LogP contribution in [0.5, 0.6) is 5.75 Å². The number of rotatable bonds is 4. The van der Waals surface area contributed by atoms with Gasteiger partial charge in [-0.1, -0.05) is 24.3 Å². The highest BCUT2D eigenvalue weighted by Gasteiger charge is 2.29. The summed E-state index contributed by atoms with van der Waals surface area (Å²) in [5.41, 5.74) is 0. The molecule has 0 saturated carbocycles. The van der Waals surface area contributed by atoms with E-state index in [0.717, 1.165) is 18.6 Å². The fourth-order valence-electron chi connectivity index (χ4n) is 2.42. The van der Waals surface area contributed by atoms with Gasteiger partial charge in [-0.25, -0.2) is 0 Å². The van der Waals surface area contributed by atoms with Crippen LogP contribution < -0.4 is 4.74 Å². The summed E-state index contributed by atoms with van der Waals surface area (Å²) < 4.78 is 5.27. The molecule has 2 aromatic carbocycles. The fourth-order valence-corrected chi connectivity index (χ4v) is 4.59. The second-order valence-corrected chi connectivity index (χ2v) is 6.91. The van der Waals surface area contributed by atoms with Crippen molar-refractivity contribution in [2.45, 2.75) is 22.6 Å². The molecule has 21 heavy (non-hydrogen) atoms. The molecular formula is C19H19OS+. The smallest absolute Gasteiger partial charge is 0.166 e. The van der Waals surface area contributed by atoms with Crippen molar-refractivity contribution in [1.82, 2.24) is 0 Å². The molecule has 106 valence electrons. The first-order valence-corrected chi connectivity index (χ1v) is 8.41. The van der Waals surface area contributed by atoms with Crippen LogP contribution in [0, 0.1) is 0 Å². The summed E-state index contributed by atoms with van der Waals surface area (Å²) in [6, 6.07) is 19.2. The average Bonchev–Trinajstić information content (AvgIpc) is 2.58. The minimum atomic E-state index is -0.0292. The van der Waals surface area contributed by atoms with E-state index in [1.165, 1.54) is 14.7 Å². The molecule has 0 aromatic heterocycles. The second kappa shape index (κ2) is 6.68. The van der Waals surface area contributed by atoms with Gasteiger partial charge in [-0.15, -0.1) is 0 Å². The summed E-state index contributed by atoms with van der Waals surface area (Å²) in [6.07, 6.45) is 9.22. The Morgan fingerprint density at radius 3 is 2.19 bits per heavy atom. The summed E-state index contributed by atoms with van der Waals surface area (Å²) in [6.45, 7) is 0. The minimum Gasteiger partial charge on any atom is -0.497 e. The van der Waals surface area contributed by atoms with E-state index in [-0.39, 0.29) is 10.9 Å². The van der Waals surface area contributed by atoms with Gasteiger partial charge < -0.3 is 4.74 Å². The molecule has 0 aliphatic heterocycles. The summed E-state index contributed by atoms with van der Waals surface area (Å²) in [5.74, 6) is 0.906. The third-order valence-corrected chi connectivity index (χ3v) is 5.73. The standard InChI is InChI=1S/C19H19OS/c1-20-16-12-14-19(15-13-16)21(17-8-4-2-5-9-17)18-10-6-3-7-11-18/h2,4-6,8-15H,3,7H2,1H3/q+1. The van der Waals surface area contributed by atoms with Crippen molar-refractivity contribution < 1.29 is 4.74 Å². The van der Waals surface area contributed by atoms with Gasteiger partial charge in [0.05, 0.1) is 18.0 Å². The monoisotopic (exact) mass is 295 g/mol. The molecule has 0 heterocycles. The SMILES string of the molecule is COc1ccc([S+](C2=CCCC=C2)c2ccccc2)cc1. The molecule has 3 rings (SSSR count). The van der Waals surface area contributed by atoms with E-state index in [4.69, 9.17) is 4.74 Å². The molecule has 0 saturated heterocycles. The Hall–Kier alpha value is -1.93. The van der Waals surface area contributed by atoms with Crippen molar-refractivity contribution in [1.29, 1.82) is 0 Å². The minimum absolute atomic E-state index is 0.0292. The third kappa shape index (κ3) is 3.22. The molecule has 1 atom stereocenters. The summed E-state index contributed by atoms with van der Waals surface area (Å²) in [7, 11) is 1.68. The van der Waals surface area contributed by atoms with Gasteiger partial charge in [-0.2, -0.15) is 0 Å². The third-order valence-electron chi connectivity index (χ3n) is 3.47. The second-order valence-electron chi connectivity index (χ2n) is 4.88. The molecule has 0 amide bonds. The number of methoxy groups -OCH3 is 1. The lowest BCUT2D eigenvalue weighted by Crippen LogP contribution is -2.07. The summed E-state index contributed by atoms with van der Waals surface area (Å²) in [4.78, 5) is 4.11. The zero-order valence-electron chi connectivity index (χ0n) is 12.2. The molecule has 2 aromatic rings. The van der Waals surface area contributed by atoms with E-state index in [1.807, 2.05) is 12.1 Å². The largest absolute Gasteiger partial charge is 0.497 e. The van der Waals surface area contributed by atoms with Crippen LogP contribution in [0.2, 0.25) is 0 Å². The van der Waals surface area contributed by atoms with Crippen molar-refractivity contribution in [3.8, 4) is 5.75 Å². The van der Waals surface area contributed by atoms with E-state index >= 15 is 0 Å². The Balaban J connectivity index is 2.03. The Labute approximate surface area is 129 Å². The highest BCUT2D eigenvalue weighted by Crippen LogP contribution is 2.33. The molecule has 0 fully saturated rings. The molecule has 1 aliphatic carbocycles. The predicted molar refractivity (Wildman–Crippen MR) is 89.8 cm³/mol. The highest BCUT2D eigenvalue weighted by molar-refractivity contribution is 8.00. The fraction of sp³-hybridized carbons (Fsp3) is 0.158. The van der Waals surface area contributed by atoms with Crippen molar-refractivity contribution >= 4 is 10.9 Å². The van der Waals surface area contributed by atoms with Gasteiger partial charge >= 0.3 is 0 Å². The molecule has 0 radical (unpaired) electrons. The molecular weight excluding hydrogens is 276 g/mol. The zero-order chi connectivity index (χ0) is 14.5. The van der Waals surface area contributed by atoms with Crippen LogP contribution in [0.15, 0.2) is 87.5 Å². The van der Waals surface area contributed by atoms with Crippen LogP contribution in [-0.2, 0) is 10.9 Å². The summed E-state index contributed by atoms with van der Waals surface area (Å²) >= 11 is 0. The molecule has 0 bridgehead atoms. The number of ether oxygens (including phenoxy) is 1. The predicted octanol–water partition coefficient (Wildman–Crippen LogP) is 4.97. The van der Waals surface area contributed by atoms with Crippen LogP contribution in [0.25, 0.3) is 0 Å². The Kier molecular flexibility index (Phi) is 4.46. The van der Waals surface area contributed by atoms with Gasteiger partial charge in [0, 0.05) is 0 Å². The lowest BCUT2D eigenvalue weighted by atomic mass is 10.2. The van der Waals surface area contributed by atoms with E-state index < -0.39 is 0 Å². The van der Waals surface area contributed by atoms with Gasteiger partial charge in [-0.3, -0.25) is 0 Å². The van der Waals surface area contributed by atoms with E-state index in [9.17, 15) is 0 Å². The number of hydrogen-bond acceptors (Lipinski definition) is 1. The van der Waals surface area contributed by atoms with Gasteiger partial charge in [0.2, 0.25) is 0 Å². The molecule has 1 nitrogen and oxygen atoms in total. The normalized spacial score (nSPS) is 15.4.